The van der Waals surface area contributed by atoms with Gasteiger partial charge in [0.25, 0.3) is 0 Å². The number of nitrogens with zero attached hydrogens (tertiary/aromatic N) is 4. The van der Waals surface area contributed by atoms with Crippen LogP contribution in [0.1, 0.15) is 5.82 Å². The second kappa shape index (κ2) is 9.81. The summed E-state index contributed by atoms with van der Waals surface area (Å²) >= 11 is 0. The fourth-order valence-corrected chi connectivity index (χ4v) is 1.97. The highest BCUT2D eigenvalue weighted by atomic mass is 35.5. The standard InChI is InChI=1S/C14H20N6O3.ClH/c1-10-17-18-19-20(10)12-8-11(4-5-13(12)23-3)16-14(21)9-15-6-7-22-2;/h4-5,8,15H,6-7,9H2,1-3H3,(H,16,21);1H. The molecule has 1 aromatic carbocycles. The molecule has 10 heteroatoms. The molecule has 0 bridgehead atoms. The molecule has 1 amide bonds. The summed E-state index contributed by atoms with van der Waals surface area (Å²) in [6, 6.07) is 5.27. The zero-order valence-electron chi connectivity index (χ0n) is 13.8. The van der Waals surface area contributed by atoms with Crippen LogP contribution in [0.3, 0.4) is 0 Å². The second-order valence-corrected chi connectivity index (χ2v) is 4.74. The van der Waals surface area contributed by atoms with E-state index < -0.39 is 0 Å². The van der Waals surface area contributed by atoms with E-state index in [0.29, 0.717) is 36.1 Å². The Hall–Kier alpha value is -2.23. The molecule has 132 valence electrons. The molecule has 2 aromatic rings. The number of anilines is 1. The molecule has 0 saturated heterocycles. The van der Waals surface area contributed by atoms with E-state index >= 15 is 0 Å². The van der Waals surface area contributed by atoms with Crippen LogP contribution in [0, 0.1) is 6.92 Å². The molecule has 0 spiro atoms. The number of aryl methyl sites for hydroxylation is 1. The minimum atomic E-state index is -0.148. The van der Waals surface area contributed by atoms with E-state index in [4.69, 9.17) is 9.47 Å². The summed E-state index contributed by atoms with van der Waals surface area (Å²) in [6.45, 7) is 3.15. The lowest BCUT2D eigenvalue weighted by Crippen LogP contribution is -2.30. The minimum absolute atomic E-state index is 0. The predicted molar refractivity (Wildman–Crippen MR) is 91.1 cm³/mol. The lowest BCUT2D eigenvalue weighted by molar-refractivity contribution is -0.115. The van der Waals surface area contributed by atoms with Gasteiger partial charge < -0.3 is 20.1 Å². The van der Waals surface area contributed by atoms with Crippen LogP contribution in [0.25, 0.3) is 5.69 Å². The number of carbonyl (C=O) groups excluding carboxylic acids is 1. The number of methoxy groups -OCH3 is 2. The molecule has 0 radical (unpaired) electrons. The van der Waals surface area contributed by atoms with Crippen LogP contribution in [0.4, 0.5) is 5.69 Å². The van der Waals surface area contributed by atoms with Crippen molar-refractivity contribution in [3.8, 4) is 11.4 Å². The number of carbonyl (C=O) groups is 1. The summed E-state index contributed by atoms with van der Waals surface area (Å²) in [5, 5.41) is 17.2. The molecule has 0 saturated carbocycles. The third-order valence-electron chi connectivity index (χ3n) is 3.08. The average molecular weight is 357 g/mol. The maximum atomic E-state index is 11.9. The Bertz CT molecular complexity index is 664. The van der Waals surface area contributed by atoms with E-state index in [2.05, 4.69) is 26.2 Å². The van der Waals surface area contributed by atoms with Gasteiger partial charge in [0.05, 0.1) is 20.3 Å². The lowest BCUT2D eigenvalue weighted by Gasteiger charge is -2.12. The number of nitrogens with one attached hydrogen (secondary N) is 2. The van der Waals surface area contributed by atoms with Crippen LogP contribution >= 0.6 is 12.4 Å². The normalized spacial score (nSPS) is 10.1. The first-order valence-corrected chi connectivity index (χ1v) is 7.08. The van der Waals surface area contributed by atoms with Crippen molar-refractivity contribution in [1.82, 2.24) is 25.5 Å². The highest BCUT2D eigenvalue weighted by Crippen LogP contribution is 2.26. The maximum absolute atomic E-state index is 11.9. The number of hydrogen-bond donors (Lipinski definition) is 2. The topological polar surface area (TPSA) is 103 Å². The van der Waals surface area contributed by atoms with Crippen molar-refractivity contribution in [2.75, 3.05) is 39.2 Å². The van der Waals surface area contributed by atoms with Gasteiger partial charge in [-0.2, -0.15) is 4.68 Å². The number of benzene rings is 1. The Morgan fingerprint density at radius 2 is 2.12 bits per heavy atom. The number of rotatable bonds is 8. The quantitative estimate of drug-likeness (QED) is 0.666. The summed E-state index contributed by atoms with van der Waals surface area (Å²) < 4.78 is 11.8. The number of ether oxygens (including phenoxy) is 2. The molecular formula is C14H21ClN6O3. The van der Waals surface area contributed by atoms with Gasteiger partial charge in [0, 0.05) is 19.3 Å². The van der Waals surface area contributed by atoms with Crippen molar-refractivity contribution in [3.05, 3.63) is 24.0 Å². The molecule has 0 aliphatic heterocycles. The molecule has 1 heterocycles. The first-order valence-electron chi connectivity index (χ1n) is 7.08. The molecular weight excluding hydrogens is 336 g/mol. The third-order valence-corrected chi connectivity index (χ3v) is 3.08. The van der Waals surface area contributed by atoms with Gasteiger partial charge in [0.1, 0.15) is 11.4 Å². The Labute approximate surface area is 146 Å². The van der Waals surface area contributed by atoms with Gasteiger partial charge >= 0.3 is 0 Å². The molecule has 2 rings (SSSR count). The highest BCUT2D eigenvalue weighted by molar-refractivity contribution is 5.92. The molecule has 0 atom stereocenters. The SMILES string of the molecule is COCCNCC(=O)Nc1ccc(OC)c(-n2nnnc2C)c1.Cl. The van der Waals surface area contributed by atoms with Gasteiger partial charge in [-0.05, 0) is 35.5 Å². The van der Waals surface area contributed by atoms with Gasteiger partial charge in [-0.1, -0.05) is 0 Å². The summed E-state index contributed by atoms with van der Waals surface area (Å²) in [6.07, 6.45) is 0. The van der Waals surface area contributed by atoms with Gasteiger partial charge in [-0.15, -0.1) is 17.5 Å². The van der Waals surface area contributed by atoms with Crippen molar-refractivity contribution >= 4 is 24.0 Å². The second-order valence-electron chi connectivity index (χ2n) is 4.74. The van der Waals surface area contributed by atoms with Crippen LogP contribution in [0.15, 0.2) is 18.2 Å². The van der Waals surface area contributed by atoms with Gasteiger partial charge in [0.15, 0.2) is 5.82 Å². The monoisotopic (exact) mass is 356 g/mol. The van der Waals surface area contributed by atoms with Gasteiger partial charge in [0.2, 0.25) is 5.91 Å². The Balaban J connectivity index is 0.00000288. The molecule has 1 aromatic heterocycles. The molecule has 2 N–H and O–H groups in total. The summed E-state index contributed by atoms with van der Waals surface area (Å²) in [5.74, 6) is 1.08. The zero-order chi connectivity index (χ0) is 16.7. The van der Waals surface area contributed by atoms with Crippen LogP contribution < -0.4 is 15.4 Å². The van der Waals surface area contributed by atoms with E-state index in [-0.39, 0.29) is 24.9 Å². The van der Waals surface area contributed by atoms with Crippen LogP contribution in [-0.4, -0.2) is 60.0 Å². The average Bonchev–Trinajstić information content (AvgIpc) is 2.97. The first kappa shape index (κ1) is 19.8. The smallest absolute Gasteiger partial charge is 0.238 e. The summed E-state index contributed by atoms with van der Waals surface area (Å²) in [4.78, 5) is 11.9. The van der Waals surface area contributed by atoms with Gasteiger partial charge in [-0.3, -0.25) is 4.79 Å². The van der Waals surface area contributed by atoms with E-state index in [0.717, 1.165) is 0 Å². The molecule has 0 aliphatic carbocycles. The number of tetrazole rings is 1. The summed E-state index contributed by atoms with van der Waals surface area (Å²) in [7, 11) is 3.18. The molecule has 0 aliphatic rings. The molecule has 24 heavy (non-hydrogen) atoms. The molecule has 9 nitrogen and oxygen atoms in total. The van der Waals surface area contributed by atoms with Crippen LogP contribution in [0.5, 0.6) is 5.75 Å². The van der Waals surface area contributed by atoms with Crippen LogP contribution in [0.2, 0.25) is 0 Å². The van der Waals surface area contributed by atoms with Crippen molar-refractivity contribution in [2.24, 2.45) is 0 Å². The number of amides is 1. The van der Waals surface area contributed by atoms with E-state index in [9.17, 15) is 4.79 Å². The Kier molecular flexibility index (Phi) is 8.10. The fourth-order valence-electron chi connectivity index (χ4n) is 1.97. The first-order chi connectivity index (χ1) is 11.2. The predicted octanol–water partition coefficient (Wildman–Crippen LogP) is 0.576. The van der Waals surface area contributed by atoms with E-state index in [1.807, 2.05) is 0 Å². The van der Waals surface area contributed by atoms with E-state index in [1.54, 1.807) is 44.0 Å². The maximum Gasteiger partial charge on any atom is 0.238 e. The largest absolute Gasteiger partial charge is 0.494 e. The number of hydrogen-bond acceptors (Lipinski definition) is 7. The lowest BCUT2D eigenvalue weighted by atomic mass is 10.2. The Morgan fingerprint density at radius 1 is 1.33 bits per heavy atom. The van der Waals surface area contributed by atoms with E-state index in [1.165, 1.54) is 0 Å². The highest BCUT2D eigenvalue weighted by Gasteiger charge is 2.12. The van der Waals surface area contributed by atoms with Crippen molar-refractivity contribution in [3.63, 3.8) is 0 Å². The third kappa shape index (κ3) is 5.15. The Morgan fingerprint density at radius 3 is 2.75 bits per heavy atom. The number of halogens is 1. The zero-order valence-corrected chi connectivity index (χ0v) is 14.6. The number of aromatic nitrogens is 4. The van der Waals surface area contributed by atoms with Gasteiger partial charge in [-0.25, -0.2) is 0 Å². The summed E-state index contributed by atoms with van der Waals surface area (Å²) in [5.41, 5.74) is 1.29. The van der Waals surface area contributed by atoms with Crippen LogP contribution in [-0.2, 0) is 9.53 Å². The molecule has 0 fully saturated rings. The molecule has 0 unspecified atom stereocenters. The van der Waals surface area contributed by atoms with Crippen molar-refractivity contribution in [1.29, 1.82) is 0 Å². The van der Waals surface area contributed by atoms with Crippen molar-refractivity contribution < 1.29 is 14.3 Å². The minimum Gasteiger partial charge on any atom is -0.494 e. The van der Waals surface area contributed by atoms with Crippen molar-refractivity contribution in [2.45, 2.75) is 6.92 Å². The fraction of sp³-hybridized carbons (Fsp3) is 0.429.